The zero-order chi connectivity index (χ0) is 7.97. The van der Waals surface area contributed by atoms with E-state index in [4.69, 9.17) is 0 Å². The van der Waals surface area contributed by atoms with Crippen molar-refractivity contribution < 1.29 is 0 Å². The average molecular weight is 158 g/mol. The van der Waals surface area contributed by atoms with Crippen molar-refractivity contribution in [3.63, 3.8) is 0 Å². The summed E-state index contributed by atoms with van der Waals surface area (Å²) in [6.07, 6.45) is 5.41. The van der Waals surface area contributed by atoms with Gasteiger partial charge in [0.1, 0.15) is 11.2 Å². The van der Waals surface area contributed by atoms with Crippen LogP contribution < -0.4 is 0 Å². The lowest BCUT2D eigenvalue weighted by atomic mass is 10.5. The van der Waals surface area contributed by atoms with Crippen LogP contribution in [0, 0.1) is 0 Å². The van der Waals surface area contributed by atoms with Gasteiger partial charge in [0.15, 0.2) is 5.65 Å². The van der Waals surface area contributed by atoms with E-state index in [1.54, 1.807) is 12.5 Å². The second-order valence-corrected chi connectivity index (χ2v) is 2.63. The lowest BCUT2D eigenvalue weighted by molar-refractivity contribution is 1.17. The highest BCUT2D eigenvalue weighted by Gasteiger charge is 2.00. The van der Waals surface area contributed by atoms with Gasteiger partial charge in [0.05, 0.1) is 12.5 Å². The Labute approximate surface area is 67.9 Å². The van der Waals surface area contributed by atoms with Gasteiger partial charge in [0.2, 0.25) is 0 Å². The van der Waals surface area contributed by atoms with Gasteiger partial charge in [-0.2, -0.15) is 0 Å². The largest absolute Gasteiger partial charge is 0.342 e. The summed E-state index contributed by atoms with van der Waals surface area (Å²) < 4.78 is 1.95. The number of aromatic nitrogens is 4. The maximum absolute atomic E-state index is 4.23. The normalized spacial score (nSPS) is 11.3. The van der Waals surface area contributed by atoms with Crippen LogP contribution in [0.4, 0.5) is 0 Å². The molecule has 0 atom stereocenters. The molecule has 0 aliphatic carbocycles. The van der Waals surface area contributed by atoms with Crippen LogP contribution in [0.1, 0.15) is 0 Å². The first-order valence-corrected chi connectivity index (χ1v) is 3.70. The topological polar surface area (TPSA) is 46.0 Å². The molecule has 0 saturated carbocycles. The number of fused-ring (bicyclic) bond motifs is 3. The third kappa shape index (κ3) is 0.567. The van der Waals surface area contributed by atoms with E-state index >= 15 is 0 Å². The molecule has 3 aromatic rings. The van der Waals surface area contributed by atoms with Crippen molar-refractivity contribution in [3.8, 4) is 0 Å². The number of imidazole rings is 1. The number of nitrogens with one attached hydrogen (secondary N) is 1. The maximum atomic E-state index is 4.23. The fraction of sp³-hybridized carbons (Fsp3) is 0. The van der Waals surface area contributed by atoms with Crippen LogP contribution in [-0.2, 0) is 0 Å². The van der Waals surface area contributed by atoms with Crippen LogP contribution in [0.5, 0.6) is 0 Å². The fourth-order valence-electron chi connectivity index (χ4n) is 1.37. The Balaban J connectivity index is 2.71. The molecule has 0 aliphatic heterocycles. The summed E-state index contributed by atoms with van der Waals surface area (Å²) in [6, 6.07) is 3.91. The molecule has 4 nitrogen and oxygen atoms in total. The Morgan fingerprint density at radius 2 is 2.33 bits per heavy atom. The van der Waals surface area contributed by atoms with E-state index in [0.717, 1.165) is 16.8 Å². The van der Waals surface area contributed by atoms with Gasteiger partial charge in [-0.25, -0.2) is 9.97 Å². The number of aromatic amines is 1. The van der Waals surface area contributed by atoms with Crippen LogP contribution >= 0.6 is 0 Å². The van der Waals surface area contributed by atoms with Gasteiger partial charge >= 0.3 is 0 Å². The van der Waals surface area contributed by atoms with Gasteiger partial charge in [0.25, 0.3) is 0 Å². The first kappa shape index (κ1) is 5.77. The average Bonchev–Trinajstić information content (AvgIpc) is 2.71. The van der Waals surface area contributed by atoms with E-state index in [1.807, 2.05) is 22.7 Å². The molecule has 1 N–H and O–H groups in total. The first-order chi connectivity index (χ1) is 5.95. The van der Waals surface area contributed by atoms with E-state index in [-0.39, 0.29) is 0 Å². The number of hydrogen-bond acceptors (Lipinski definition) is 2. The number of H-pyrrole nitrogens is 1. The van der Waals surface area contributed by atoms with E-state index in [0.29, 0.717) is 0 Å². The Hall–Kier alpha value is -1.84. The van der Waals surface area contributed by atoms with Crippen molar-refractivity contribution in [2.45, 2.75) is 0 Å². The molecule has 0 saturated heterocycles. The van der Waals surface area contributed by atoms with Crippen molar-refractivity contribution in [3.05, 3.63) is 30.9 Å². The summed E-state index contributed by atoms with van der Waals surface area (Å²) in [6.45, 7) is 0. The third-order valence-corrected chi connectivity index (χ3v) is 1.93. The van der Waals surface area contributed by atoms with Gasteiger partial charge in [-0.05, 0) is 12.1 Å². The van der Waals surface area contributed by atoms with Gasteiger partial charge in [-0.1, -0.05) is 0 Å². The molecule has 0 amide bonds. The van der Waals surface area contributed by atoms with Crippen molar-refractivity contribution in [1.82, 2.24) is 19.4 Å². The number of rotatable bonds is 0. The summed E-state index contributed by atoms with van der Waals surface area (Å²) in [7, 11) is 0. The van der Waals surface area contributed by atoms with Crippen LogP contribution in [0.3, 0.4) is 0 Å². The van der Waals surface area contributed by atoms with E-state index in [2.05, 4.69) is 15.0 Å². The molecule has 0 bridgehead atoms. The predicted octanol–water partition coefficient (Wildman–Crippen LogP) is 1.21. The molecule has 3 aromatic heterocycles. The molecule has 3 rings (SSSR count). The molecular weight excluding hydrogens is 152 g/mol. The predicted molar refractivity (Wildman–Crippen MR) is 44.8 cm³/mol. The van der Waals surface area contributed by atoms with Crippen molar-refractivity contribution in [1.29, 1.82) is 0 Å². The van der Waals surface area contributed by atoms with E-state index in [1.165, 1.54) is 0 Å². The molecule has 12 heavy (non-hydrogen) atoms. The van der Waals surface area contributed by atoms with Crippen LogP contribution in [-0.4, -0.2) is 19.4 Å². The van der Waals surface area contributed by atoms with Crippen LogP contribution in [0.2, 0.25) is 0 Å². The van der Waals surface area contributed by atoms with Gasteiger partial charge < -0.3 is 4.98 Å². The minimum atomic E-state index is 0.921. The molecule has 4 heteroatoms. The quantitative estimate of drug-likeness (QED) is 0.534. The van der Waals surface area contributed by atoms with Crippen LogP contribution in [0.15, 0.2) is 30.9 Å². The lowest BCUT2D eigenvalue weighted by Crippen LogP contribution is -1.87. The van der Waals surface area contributed by atoms with E-state index in [9.17, 15) is 0 Å². The summed E-state index contributed by atoms with van der Waals surface area (Å²) in [5.74, 6) is 0. The SMILES string of the molecule is c1cc2ncc3[nH]cnc3n2c1. The molecule has 0 aromatic carbocycles. The second-order valence-electron chi connectivity index (χ2n) is 2.63. The van der Waals surface area contributed by atoms with Crippen molar-refractivity contribution >= 4 is 16.8 Å². The molecule has 0 fully saturated rings. The highest BCUT2D eigenvalue weighted by Crippen LogP contribution is 2.10. The summed E-state index contributed by atoms with van der Waals surface area (Å²) in [4.78, 5) is 11.4. The van der Waals surface area contributed by atoms with Crippen molar-refractivity contribution in [2.24, 2.45) is 0 Å². The van der Waals surface area contributed by atoms with Crippen molar-refractivity contribution in [2.75, 3.05) is 0 Å². The van der Waals surface area contributed by atoms with Gasteiger partial charge in [-0.3, -0.25) is 4.40 Å². The molecule has 0 aliphatic rings. The Morgan fingerprint density at radius 1 is 1.33 bits per heavy atom. The summed E-state index contributed by atoms with van der Waals surface area (Å²) >= 11 is 0. The highest BCUT2D eigenvalue weighted by atomic mass is 15.1. The summed E-state index contributed by atoms with van der Waals surface area (Å²) in [5.41, 5.74) is 2.80. The van der Waals surface area contributed by atoms with Gasteiger partial charge in [-0.15, -0.1) is 0 Å². The molecule has 58 valence electrons. The maximum Gasteiger partial charge on any atom is 0.165 e. The molecular formula is C8H6N4. The zero-order valence-corrected chi connectivity index (χ0v) is 6.23. The minimum absolute atomic E-state index is 0.921. The van der Waals surface area contributed by atoms with E-state index < -0.39 is 0 Å². The lowest BCUT2D eigenvalue weighted by Gasteiger charge is -1.93. The van der Waals surface area contributed by atoms with Gasteiger partial charge in [0, 0.05) is 6.20 Å². The third-order valence-electron chi connectivity index (χ3n) is 1.93. The summed E-state index contributed by atoms with van der Waals surface area (Å²) in [5, 5.41) is 0. The standard InChI is InChI=1S/C8H6N4/c1-2-7-9-4-6-8(11-5-10-6)12(7)3-1/h1-5H,(H,10,11). The monoisotopic (exact) mass is 158 g/mol. The molecule has 0 unspecified atom stereocenters. The highest BCUT2D eigenvalue weighted by molar-refractivity contribution is 5.72. The Kier molecular flexibility index (Phi) is 0.889. The second kappa shape index (κ2) is 1.85. The molecule has 0 spiro atoms. The number of hydrogen-bond donors (Lipinski definition) is 1. The first-order valence-electron chi connectivity index (χ1n) is 3.70. The Bertz CT molecular complexity index is 484. The van der Waals surface area contributed by atoms with Crippen LogP contribution in [0.25, 0.3) is 16.8 Å². The molecule has 0 radical (unpaired) electrons. The minimum Gasteiger partial charge on any atom is -0.342 e. The zero-order valence-electron chi connectivity index (χ0n) is 6.23. The number of nitrogens with zero attached hydrogens (tertiary/aromatic N) is 3. The fourth-order valence-corrected chi connectivity index (χ4v) is 1.37. The smallest absolute Gasteiger partial charge is 0.165 e. The molecule has 3 heterocycles. The Morgan fingerprint density at radius 3 is 3.33 bits per heavy atom.